The lowest BCUT2D eigenvalue weighted by Crippen LogP contribution is -2.29. The Morgan fingerprint density at radius 2 is 1.97 bits per heavy atom. The summed E-state index contributed by atoms with van der Waals surface area (Å²) >= 11 is 0. The summed E-state index contributed by atoms with van der Waals surface area (Å²) < 4.78 is 46.7. The van der Waals surface area contributed by atoms with Gasteiger partial charge in [-0.15, -0.1) is 13.2 Å². The molecule has 2 saturated heterocycles. The van der Waals surface area contributed by atoms with Crippen molar-refractivity contribution in [3.05, 3.63) is 47.4 Å². The fraction of sp³-hybridized carbons (Fsp3) is 0.435. The molecule has 2 aromatic heterocycles. The Balaban J connectivity index is 1.33. The summed E-state index contributed by atoms with van der Waals surface area (Å²) in [5.74, 6) is 0.505. The maximum absolute atomic E-state index is 13.1. The van der Waals surface area contributed by atoms with E-state index in [0.29, 0.717) is 32.2 Å². The lowest BCUT2D eigenvalue weighted by atomic mass is 9.98. The van der Waals surface area contributed by atoms with Gasteiger partial charge in [0.25, 0.3) is 5.91 Å². The van der Waals surface area contributed by atoms with E-state index in [4.69, 9.17) is 15.5 Å². The molecule has 3 aromatic rings. The van der Waals surface area contributed by atoms with Crippen molar-refractivity contribution in [2.75, 3.05) is 32.0 Å². The fourth-order valence-electron chi connectivity index (χ4n) is 4.74. The molecule has 180 valence electrons. The number of nitrogens with zero attached hydrogens (tertiary/aromatic N) is 3. The minimum atomic E-state index is -4.83. The van der Waals surface area contributed by atoms with Crippen molar-refractivity contribution in [2.24, 2.45) is 0 Å². The van der Waals surface area contributed by atoms with Crippen LogP contribution in [0.5, 0.6) is 5.75 Å². The smallest absolute Gasteiger partial charge is 0.406 e. The molecule has 3 N–H and O–H groups in total. The van der Waals surface area contributed by atoms with Crippen molar-refractivity contribution >= 4 is 22.8 Å². The molecule has 2 fully saturated rings. The number of halogens is 3. The second-order valence-electron chi connectivity index (χ2n) is 8.64. The molecule has 2 aliphatic heterocycles. The zero-order chi connectivity index (χ0) is 23.9. The average molecular weight is 475 g/mol. The van der Waals surface area contributed by atoms with Crippen LogP contribution in [-0.4, -0.2) is 58.4 Å². The summed E-state index contributed by atoms with van der Waals surface area (Å²) in [5.41, 5.74) is 8.54. The number of hydrogen-bond acceptors (Lipinski definition) is 6. The Bertz CT molecular complexity index is 1210. The second-order valence-corrected chi connectivity index (χ2v) is 8.64. The van der Waals surface area contributed by atoms with Crippen molar-refractivity contribution < 1.29 is 27.4 Å². The maximum atomic E-state index is 13.1. The van der Waals surface area contributed by atoms with E-state index in [1.54, 1.807) is 11.1 Å². The van der Waals surface area contributed by atoms with E-state index in [0.717, 1.165) is 53.9 Å². The van der Waals surface area contributed by atoms with Gasteiger partial charge in [0.1, 0.15) is 17.1 Å². The number of hydrogen-bond donors (Lipinski definition) is 2. The number of ether oxygens (including phenoxy) is 2. The van der Waals surface area contributed by atoms with E-state index in [1.165, 1.54) is 6.07 Å². The van der Waals surface area contributed by atoms with Gasteiger partial charge in [0, 0.05) is 56.1 Å². The Labute approximate surface area is 193 Å². The van der Waals surface area contributed by atoms with Crippen LogP contribution < -0.4 is 10.5 Å². The number of anilines is 1. The van der Waals surface area contributed by atoms with Gasteiger partial charge in [0.15, 0.2) is 5.65 Å². The lowest BCUT2D eigenvalue weighted by molar-refractivity contribution is -0.274. The number of carbonyl (C=O) groups is 1. The monoisotopic (exact) mass is 475 g/mol. The van der Waals surface area contributed by atoms with Gasteiger partial charge in [0.05, 0.1) is 5.56 Å². The normalized spacial score (nSPS) is 19.6. The topological polar surface area (TPSA) is 106 Å². The standard InChI is InChI=1S/C23H24F3N5O3/c24-23(25,26)34-15-1-2-17(18(27)11-15)22(32)31-8-4-14(12-31)16-3-7-28-21-19(16)29-20(30-21)13-5-9-33-10-6-13/h1-3,7,11,13-14H,4-6,8-10,12,27H2,(H,28,29,30)/t14-/m0/s1. The molecule has 0 unspecified atom stereocenters. The first-order chi connectivity index (χ1) is 16.3. The van der Waals surface area contributed by atoms with E-state index >= 15 is 0 Å². The van der Waals surface area contributed by atoms with Gasteiger partial charge in [-0.05, 0) is 43.0 Å². The molecule has 1 amide bonds. The van der Waals surface area contributed by atoms with Gasteiger partial charge in [-0.2, -0.15) is 0 Å². The summed E-state index contributed by atoms with van der Waals surface area (Å²) in [6.45, 7) is 2.39. The van der Waals surface area contributed by atoms with Gasteiger partial charge >= 0.3 is 6.36 Å². The number of imidazole rings is 1. The van der Waals surface area contributed by atoms with Crippen LogP contribution in [0.4, 0.5) is 18.9 Å². The molecular formula is C23H24F3N5O3. The lowest BCUT2D eigenvalue weighted by Gasteiger charge is -2.19. The number of rotatable bonds is 4. The van der Waals surface area contributed by atoms with Crippen LogP contribution in [0.2, 0.25) is 0 Å². The molecule has 0 aliphatic carbocycles. The van der Waals surface area contributed by atoms with E-state index in [-0.39, 0.29) is 23.1 Å². The molecule has 4 heterocycles. The molecular weight excluding hydrogens is 451 g/mol. The third kappa shape index (κ3) is 4.52. The summed E-state index contributed by atoms with van der Waals surface area (Å²) in [6.07, 6.45) is -0.526. The van der Waals surface area contributed by atoms with Crippen molar-refractivity contribution in [2.45, 2.75) is 37.5 Å². The van der Waals surface area contributed by atoms with Crippen molar-refractivity contribution in [1.29, 1.82) is 0 Å². The molecule has 0 spiro atoms. The highest BCUT2D eigenvalue weighted by atomic mass is 19.4. The van der Waals surface area contributed by atoms with Crippen molar-refractivity contribution in [3.63, 3.8) is 0 Å². The highest BCUT2D eigenvalue weighted by molar-refractivity contribution is 5.99. The van der Waals surface area contributed by atoms with E-state index < -0.39 is 12.1 Å². The van der Waals surface area contributed by atoms with Crippen LogP contribution in [-0.2, 0) is 4.74 Å². The first kappa shape index (κ1) is 22.5. The van der Waals surface area contributed by atoms with Crippen LogP contribution in [0.25, 0.3) is 11.2 Å². The number of aromatic amines is 1. The first-order valence-corrected chi connectivity index (χ1v) is 11.2. The number of nitrogen functional groups attached to an aromatic ring is 1. The number of benzene rings is 1. The number of H-pyrrole nitrogens is 1. The highest BCUT2D eigenvalue weighted by Gasteiger charge is 2.33. The average Bonchev–Trinajstić information content (AvgIpc) is 3.46. The Morgan fingerprint density at radius 3 is 2.71 bits per heavy atom. The highest BCUT2D eigenvalue weighted by Crippen LogP contribution is 2.34. The Kier molecular flexibility index (Phi) is 5.80. The fourth-order valence-corrected chi connectivity index (χ4v) is 4.74. The number of nitrogens with one attached hydrogen (secondary N) is 1. The SMILES string of the molecule is Nc1cc(OC(F)(F)F)ccc1C(=O)N1CC[C@H](c2ccnc3[nH]c(C4CCOCC4)nc23)C1. The van der Waals surface area contributed by atoms with Gasteiger partial charge in [-0.3, -0.25) is 4.79 Å². The van der Waals surface area contributed by atoms with Crippen LogP contribution in [0.3, 0.4) is 0 Å². The molecule has 11 heteroatoms. The van der Waals surface area contributed by atoms with Gasteiger partial charge in [-0.1, -0.05) is 0 Å². The Morgan fingerprint density at radius 1 is 1.18 bits per heavy atom. The van der Waals surface area contributed by atoms with Crippen LogP contribution in [0.15, 0.2) is 30.5 Å². The predicted octanol–water partition coefficient (Wildman–Crippen LogP) is 3.96. The molecule has 0 radical (unpaired) electrons. The minimum absolute atomic E-state index is 0.0603. The number of alkyl halides is 3. The van der Waals surface area contributed by atoms with Crippen molar-refractivity contribution in [1.82, 2.24) is 19.9 Å². The molecule has 5 rings (SSSR count). The summed E-state index contributed by atoms with van der Waals surface area (Å²) in [6, 6.07) is 5.32. The predicted molar refractivity (Wildman–Crippen MR) is 117 cm³/mol. The molecule has 1 aromatic carbocycles. The number of nitrogens with two attached hydrogens (primary N) is 1. The molecule has 1 atom stereocenters. The van der Waals surface area contributed by atoms with Crippen LogP contribution in [0, 0.1) is 0 Å². The van der Waals surface area contributed by atoms with E-state index in [9.17, 15) is 18.0 Å². The number of likely N-dealkylation sites (tertiary alicyclic amines) is 1. The van der Waals surface area contributed by atoms with Crippen LogP contribution in [0.1, 0.15) is 52.8 Å². The third-order valence-electron chi connectivity index (χ3n) is 6.44. The van der Waals surface area contributed by atoms with Crippen LogP contribution >= 0.6 is 0 Å². The minimum Gasteiger partial charge on any atom is -0.406 e. The molecule has 2 aliphatic rings. The largest absolute Gasteiger partial charge is 0.573 e. The summed E-state index contributed by atoms with van der Waals surface area (Å²) in [7, 11) is 0. The molecule has 34 heavy (non-hydrogen) atoms. The number of carbonyl (C=O) groups excluding carboxylic acids is 1. The zero-order valence-corrected chi connectivity index (χ0v) is 18.3. The number of amides is 1. The molecule has 8 nitrogen and oxygen atoms in total. The molecule has 0 bridgehead atoms. The quantitative estimate of drug-likeness (QED) is 0.554. The van der Waals surface area contributed by atoms with Gasteiger partial charge in [0.2, 0.25) is 0 Å². The van der Waals surface area contributed by atoms with E-state index in [1.807, 2.05) is 6.07 Å². The number of aromatic nitrogens is 3. The Hall–Kier alpha value is -3.34. The zero-order valence-electron chi connectivity index (χ0n) is 18.3. The van der Waals surface area contributed by atoms with E-state index in [2.05, 4.69) is 14.7 Å². The van der Waals surface area contributed by atoms with Crippen molar-refractivity contribution in [3.8, 4) is 5.75 Å². The number of pyridine rings is 1. The number of fused-ring (bicyclic) bond motifs is 1. The van der Waals surface area contributed by atoms with Gasteiger partial charge < -0.3 is 25.1 Å². The first-order valence-electron chi connectivity index (χ1n) is 11.2. The summed E-state index contributed by atoms with van der Waals surface area (Å²) in [4.78, 5) is 27.4. The third-order valence-corrected chi connectivity index (χ3v) is 6.44. The summed E-state index contributed by atoms with van der Waals surface area (Å²) in [5, 5.41) is 0. The maximum Gasteiger partial charge on any atom is 0.573 e. The molecule has 0 saturated carbocycles. The van der Waals surface area contributed by atoms with Gasteiger partial charge in [-0.25, -0.2) is 9.97 Å². The second kappa shape index (κ2) is 8.79.